The monoisotopic (exact) mass is 1300 g/mol. The quantitative estimate of drug-likeness (QED) is 0.120. The number of hydrogen-bond donors (Lipinski definition) is 0. The van der Waals surface area contributed by atoms with Gasteiger partial charge in [0, 0.05) is 69.6 Å². The summed E-state index contributed by atoms with van der Waals surface area (Å²) in [4.78, 5) is 0. The molecule has 1 aliphatic rings. The fraction of sp³-hybridized carbons (Fsp3) is 0.455. The highest BCUT2D eigenvalue weighted by Crippen LogP contribution is 2.51. The summed E-state index contributed by atoms with van der Waals surface area (Å²) in [6, 6.07) is 45.8. The van der Waals surface area contributed by atoms with Gasteiger partial charge in [-0.25, -0.2) is 0 Å². The third kappa shape index (κ3) is 13.9. The van der Waals surface area contributed by atoms with E-state index in [1.807, 2.05) is 42.7 Å². The maximum Gasteiger partial charge on any atom is 0.126 e. The van der Waals surface area contributed by atoms with Crippen LogP contribution in [0.4, 0.5) is 0 Å². The highest BCUT2D eigenvalue weighted by atomic mass is 16.5. The van der Waals surface area contributed by atoms with Crippen LogP contribution < -0.4 is 37.9 Å². The van der Waals surface area contributed by atoms with Crippen LogP contribution in [0.2, 0.25) is 0 Å². The van der Waals surface area contributed by atoms with Crippen molar-refractivity contribution in [2.75, 3.05) is 56.9 Å². The third-order valence-corrected chi connectivity index (χ3v) is 21.1. The largest absolute Gasteiger partial charge is 0.497 e. The predicted molar refractivity (Wildman–Crippen MR) is 398 cm³/mol. The number of methoxy groups -OCH3 is 8. The summed E-state index contributed by atoms with van der Waals surface area (Å²) in [5.41, 5.74) is 19.2. The van der Waals surface area contributed by atoms with Gasteiger partial charge in [-0.1, -0.05) is 236 Å². The Balaban J connectivity index is 1.46. The van der Waals surface area contributed by atoms with Gasteiger partial charge in [-0.15, -0.1) is 0 Å². The number of rotatable bonds is 12. The second-order valence-electron chi connectivity index (χ2n) is 33.2. The molecule has 8 aromatic rings. The minimum Gasteiger partial charge on any atom is -0.497 e. The molecule has 8 aromatic carbocycles. The highest BCUT2D eigenvalue weighted by Gasteiger charge is 2.38. The lowest BCUT2D eigenvalue weighted by molar-refractivity contribution is 0.388. The third-order valence-electron chi connectivity index (χ3n) is 21.1. The predicted octanol–water partition coefficient (Wildman–Crippen LogP) is 20.9. The molecule has 0 spiro atoms. The first-order valence-electron chi connectivity index (χ1n) is 34.3. The van der Waals surface area contributed by atoms with Gasteiger partial charge in [0.15, 0.2) is 0 Å². The van der Waals surface area contributed by atoms with E-state index in [1.165, 1.54) is 33.4 Å². The molecule has 9 rings (SSSR count). The van der Waals surface area contributed by atoms with Gasteiger partial charge in [0.2, 0.25) is 0 Å². The molecule has 0 heterocycles. The van der Waals surface area contributed by atoms with Crippen molar-refractivity contribution in [2.24, 2.45) is 0 Å². The van der Waals surface area contributed by atoms with Gasteiger partial charge in [0.05, 0.1) is 56.9 Å². The van der Waals surface area contributed by atoms with Crippen molar-refractivity contribution >= 4 is 0 Å². The molecule has 0 amide bonds. The van der Waals surface area contributed by atoms with E-state index in [9.17, 15) is 0 Å². The van der Waals surface area contributed by atoms with E-state index in [0.29, 0.717) is 25.7 Å². The fourth-order valence-electron chi connectivity index (χ4n) is 14.7. The van der Waals surface area contributed by atoms with Crippen LogP contribution in [-0.4, -0.2) is 56.9 Å². The van der Waals surface area contributed by atoms with Crippen molar-refractivity contribution in [3.8, 4) is 46.0 Å². The standard InChI is InChI=1S/C88H112O8/c1-81(2,3)71-49-65-45-57(77(71)93-25)37-53-41-63(85(13,14)61-29-33-69(89-21)34-30-61)42-54(75(53)91-23)38-59-47-67(51-73(79(59)95-27)83(7,8)9)88(19,20)68-48-60(80(96-28)74(52-68)84(10,11)12)40-56-44-64(86(15,16)62-31-35-70(90-22)36-32-62)43-55(76(56)92-24)39-58-46-66(87(65,17)18)50-72(78(58)94-26)82(4,5)6/h29-36,41-52H,37-40H2,1-28H3. The Morgan fingerprint density at radius 2 is 0.438 bits per heavy atom. The van der Waals surface area contributed by atoms with E-state index in [0.717, 1.165) is 124 Å². The van der Waals surface area contributed by atoms with Gasteiger partial charge in [0.25, 0.3) is 0 Å². The molecule has 0 radical (unpaired) electrons. The second kappa shape index (κ2) is 26.5. The van der Waals surface area contributed by atoms with E-state index in [2.05, 4.69) is 260 Å². The van der Waals surface area contributed by atoms with Gasteiger partial charge in [0.1, 0.15) is 46.0 Å². The first-order valence-corrected chi connectivity index (χ1v) is 34.3. The molecule has 0 aromatic heterocycles. The van der Waals surface area contributed by atoms with Crippen LogP contribution in [0.5, 0.6) is 46.0 Å². The highest BCUT2D eigenvalue weighted by molar-refractivity contribution is 5.64. The first kappa shape index (κ1) is 72.4. The molecule has 1 aliphatic carbocycles. The molecule has 0 unspecified atom stereocenters. The zero-order chi connectivity index (χ0) is 70.8. The maximum absolute atomic E-state index is 6.86. The zero-order valence-electron chi connectivity index (χ0n) is 63.6. The Bertz CT molecular complexity index is 3700. The van der Waals surface area contributed by atoms with Gasteiger partial charge < -0.3 is 37.9 Å². The number of benzene rings is 8. The summed E-state index contributed by atoms with van der Waals surface area (Å²) in [7, 11) is 14.4. The van der Waals surface area contributed by atoms with Crippen LogP contribution in [-0.2, 0) is 69.0 Å². The molecule has 0 fully saturated rings. The lowest BCUT2D eigenvalue weighted by Crippen LogP contribution is -2.25. The smallest absolute Gasteiger partial charge is 0.126 e. The lowest BCUT2D eigenvalue weighted by atomic mass is 9.71. The molecule has 0 aliphatic heterocycles. The average molecular weight is 1300 g/mol. The summed E-state index contributed by atoms with van der Waals surface area (Å²) in [6.45, 7) is 46.3. The SMILES string of the molecule is COc1ccc(C(C)(C)c2cc3c(OC)c(c2)Cc2cc(cc(C(C)(C)C)c2OC)C(C)(C)c2cc(c(OC)c(C(C)(C)C)c2)Cc2cc(C(C)(C)c4ccc(OC)cc4)cc(c2OC)Cc2cc(cc(C(C)(C)C)c2OC)C(C)(C)c2cc(c(OC)c(C(C)(C)C)c2)C3)cc1. The summed E-state index contributed by atoms with van der Waals surface area (Å²) in [5.74, 6) is 6.81. The Morgan fingerprint density at radius 3 is 0.615 bits per heavy atom. The van der Waals surface area contributed by atoms with E-state index >= 15 is 0 Å². The average Bonchev–Trinajstić information content (AvgIpc) is 0.753. The van der Waals surface area contributed by atoms with Crippen LogP contribution in [0.3, 0.4) is 0 Å². The fourth-order valence-corrected chi connectivity index (χ4v) is 14.7. The number of ether oxygens (including phenoxy) is 8. The molecular weight excluding hydrogens is 1180 g/mol. The molecule has 0 saturated carbocycles. The van der Waals surface area contributed by atoms with E-state index in [1.54, 1.807) is 14.2 Å². The number of fused-ring (bicyclic) bond motifs is 12. The molecule has 512 valence electrons. The Hall–Kier alpha value is -7.84. The van der Waals surface area contributed by atoms with Gasteiger partial charge in [-0.3, -0.25) is 0 Å². The normalized spacial score (nSPS) is 14.5. The van der Waals surface area contributed by atoms with Crippen molar-refractivity contribution in [2.45, 2.75) is 207 Å². The second-order valence-corrected chi connectivity index (χ2v) is 33.2. The van der Waals surface area contributed by atoms with Gasteiger partial charge >= 0.3 is 0 Å². The topological polar surface area (TPSA) is 73.8 Å². The van der Waals surface area contributed by atoms with Crippen molar-refractivity contribution in [3.05, 3.63) is 233 Å². The van der Waals surface area contributed by atoms with E-state index < -0.39 is 21.7 Å². The summed E-state index contributed by atoms with van der Waals surface area (Å²) in [6.07, 6.45) is 2.11. The summed E-state index contributed by atoms with van der Waals surface area (Å²) in [5, 5.41) is 0. The maximum atomic E-state index is 6.86. The molecule has 0 N–H and O–H groups in total. The molecule has 8 heteroatoms. The lowest BCUT2D eigenvalue weighted by Gasteiger charge is -2.34. The minimum atomic E-state index is -0.552. The van der Waals surface area contributed by atoms with Gasteiger partial charge in [-0.2, -0.15) is 0 Å². The Labute approximate surface area is 577 Å². The zero-order valence-corrected chi connectivity index (χ0v) is 63.6. The van der Waals surface area contributed by atoms with E-state index in [4.69, 9.17) is 37.9 Å². The van der Waals surface area contributed by atoms with Gasteiger partial charge in [-0.05, 0) is 135 Å². The van der Waals surface area contributed by atoms with E-state index in [-0.39, 0.29) is 21.7 Å². The van der Waals surface area contributed by atoms with Crippen LogP contribution >= 0.6 is 0 Å². The summed E-state index contributed by atoms with van der Waals surface area (Å²) >= 11 is 0. The number of hydrogen-bond acceptors (Lipinski definition) is 8. The van der Waals surface area contributed by atoms with Crippen molar-refractivity contribution < 1.29 is 37.9 Å². The van der Waals surface area contributed by atoms with Crippen molar-refractivity contribution in [3.63, 3.8) is 0 Å². The molecule has 8 nitrogen and oxygen atoms in total. The summed E-state index contributed by atoms with van der Waals surface area (Å²) < 4.78 is 52.0. The van der Waals surface area contributed by atoms with Crippen LogP contribution in [0, 0.1) is 0 Å². The first-order chi connectivity index (χ1) is 44.7. The van der Waals surface area contributed by atoms with Crippen LogP contribution in [0.1, 0.15) is 250 Å². The molecule has 12 bridgehead atoms. The Kier molecular flexibility index (Phi) is 20.0. The van der Waals surface area contributed by atoms with Crippen LogP contribution in [0.25, 0.3) is 0 Å². The Morgan fingerprint density at radius 1 is 0.240 bits per heavy atom. The molecule has 96 heavy (non-hydrogen) atoms. The minimum absolute atomic E-state index is 0.304. The molecule has 0 atom stereocenters. The van der Waals surface area contributed by atoms with Crippen molar-refractivity contribution in [1.82, 2.24) is 0 Å². The van der Waals surface area contributed by atoms with Crippen molar-refractivity contribution in [1.29, 1.82) is 0 Å². The molecular formula is C88H112O8. The molecule has 0 saturated heterocycles. The van der Waals surface area contributed by atoms with Crippen LogP contribution in [0.15, 0.2) is 121 Å².